The van der Waals surface area contributed by atoms with Gasteiger partial charge in [0.05, 0.1) is 18.8 Å². The molecule has 2 aliphatic rings. The molecule has 1 N–H and O–H groups in total. The monoisotopic (exact) mass is 376 g/mol. The van der Waals surface area contributed by atoms with E-state index in [-0.39, 0.29) is 30.6 Å². The first-order valence-electron chi connectivity index (χ1n) is 8.01. The van der Waals surface area contributed by atoms with Gasteiger partial charge in [-0.25, -0.2) is 0 Å². The van der Waals surface area contributed by atoms with Crippen molar-refractivity contribution in [3.63, 3.8) is 0 Å². The molecule has 136 valence electrons. The molecule has 1 aromatic rings. The molecule has 0 spiro atoms. The number of pyridine rings is 1. The van der Waals surface area contributed by atoms with E-state index in [9.17, 15) is 8.42 Å². The smallest absolute Gasteiger partial charge is 0.283 e. The fourth-order valence-corrected chi connectivity index (χ4v) is 5.17. The zero-order valence-corrected chi connectivity index (χ0v) is 15.6. The van der Waals surface area contributed by atoms with E-state index in [1.807, 2.05) is 26.0 Å². The Balaban J connectivity index is 0.00000208. The van der Waals surface area contributed by atoms with E-state index >= 15 is 0 Å². The van der Waals surface area contributed by atoms with Gasteiger partial charge in [-0.2, -0.15) is 17.0 Å². The molecule has 0 aliphatic carbocycles. The Labute approximate surface area is 150 Å². The number of piperazine rings is 1. The maximum atomic E-state index is 13.2. The third kappa shape index (κ3) is 3.89. The van der Waals surface area contributed by atoms with E-state index in [2.05, 4.69) is 10.3 Å². The van der Waals surface area contributed by atoms with Crippen LogP contribution in [0.25, 0.3) is 0 Å². The van der Waals surface area contributed by atoms with Gasteiger partial charge in [-0.1, -0.05) is 6.07 Å². The quantitative estimate of drug-likeness (QED) is 0.844. The lowest BCUT2D eigenvalue weighted by Crippen LogP contribution is -2.58. The number of rotatable bonds is 3. The van der Waals surface area contributed by atoms with Crippen LogP contribution in [0.3, 0.4) is 0 Å². The van der Waals surface area contributed by atoms with Crippen LogP contribution in [0.2, 0.25) is 0 Å². The molecule has 24 heavy (non-hydrogen) atoms. The summed E-state index contributed by atoms with van der Waals surface area (Å²) >= 11 is 0. The van der Waals surface area contributed by atoms with Crippen molar-refractivity contribution in [2.75, 3.05) is 32.8 Å². The Morgan fingerprint density at radius 1 is 1.33 bits per heavy atom. The van der Waals surface area contributed by atoms with E-state index in [1.165, 1.54) is 0 Å². The van der Waals surface area contributed by atoms with Gasteiger partial charge in [0.2, 0.25) is 0 Å². The second-order valence-electron chi connectivity index (χ2n) is 6.19. The topological polar surface area (TPSA) is 74.8 Å². The van der Waals surface area contributed by atoms with Gasteiger partial charge in [0.15, 0.2) is 0 Å². The van der Waals surface area contributed by atoms with Crippen molar-refractivity contribution in [3.05, 3.63) is 30.1 Å². The summed E-state index contributed by atoms with van der Waals surface area (Å²) in [5.74, 6) is 0. The number of aromatic nitrogens is 1. The van der Waals surface area contributed by atoms with Crippen LogP contribution in [0.4, 0.5) is 0 Å². The van der Waals surface area contributed by atoms with Crippen molar-refractivity contribution >= 4 is 22.6 Å². The highest BCUT2D eigenvalue weighted by atomic mass is 35.5. The van der Waals surface area contributed by atoms with E-state index in [0.717, 1.165) is 5.56 Å². The Morgan fingerprint density at radius 2 is 2.12 bits per heavy atom. The van der Waals surface area contributed by atoms with Gasteiger partial charge >= 0.3 is 0 Å². The number of hydrogen-bond donors (Lipinski definition) is 1. The lowest BCUT2D eigenvalue weighted by Gasteiger charge is -2.42. The second kappa shape index (κ2) is 8.07. The molecule has 9 heteroatoms. The molecule has 2 fully saturated rings. The maximum Gasteiger partial charge on any atom is 0.283 e. The molecule has 0 radical (unpaired) electrons. The Hall–Kier alpha value is -0.770. The summed E-state index contributed by atoms with van der Waals surface area (Å²) in [7, 11) is -3.55. The van der Waals surface area contributed by atoms with Crippen LogP contribution in [0, 0.1) is 0 Å². The Bertz CT molecular complexity index is 631. The first-order chi connectivity index (χ1) is 11.0. The summed E-state index contributed by atoms with van der Waals surface area (Å²) in [5, 5.41) is 3.28. The summed E-state index contributed by atoms with van der Waals surface area (Å²) in [6.07, 6.45) is 3.36. The van der Waals surface area contributed by atoms with Crippen molar-refractivity contribution in [1.29, 1.82) is 0 Å². The highest BCUT2D eigenvalue weighted by Gasteiger charge is 2.41. The molecule has 1 aromatic heterocycles. The minimum absolute atomic E-state index is 0. The van der Waals surface area contributed by atoms with Crippen LogP contribution in [0.5, 0.6) is 0 Å². The van der Waals surface area contributed by atoms with E-state index in [0.29, 0.717) is 32.8 Å². The summed E-state index contributed by atoms with van der Waals surface area (Å²) < 4.78 is 35.2. The average molecular weight is 377 g/mol. The van der Waals surface area contributed by atoms with Crippen molar-refractivity contribution in [3.8, 4) is 0 Å². The number of nitrogens with one attached hydrogen (secondary N) is 1. The molecule has 2 saturated heterocycles. The number of hydrogen-bond acceptors (Lipinski definition) is 5. The second-order valence-corrected chi connectivity index (χ2v) is 8.02. The van der Waals surface area contributed by atoms with Gasteiger partial charge in [-0.15, -0.1) is 12.4 Å². The van der Waals surface area contributed by atoms with Gasteiger partial charge in [0.25, 0.3) is 10.2 Å². The number of halogens is 1. The Morgan fingerprint density at radius 3 is 2.83 bits per heavy atom. The zero-order chi connectivity index (χ0) is 16.4. The molecule has 3 unspecified atom stereocenters. The maximum absolute atomic E-state index is 13.2. The SMILES string of the molecule is CC1CN(S(=O)(=O)N2CCNCC2c2cccnc2)C(C)CO1.Cl. The largest absolute Gasteiger partial charge is 0.375 e. The lowest BCUT2D eigenvalue weighted by molar-refractivity contribution is -0.0198. The standard InChI is InChI=1S/C15H24N4O3S.ClH/c1-12-11-22-13(2)10-19(12)23(20,21)18-7-6-17-9-15(18)14-4-3-5-16-8-14;/h3-5,8,12-13,15,17H,6-7,9-11H2,1-2H3;1H. The van der Waals surface area contributed by atoms with E-state index < -0.39 is 10.2 Å². The number of morpholine rings is 1. The molecule has 0 aromatic carbocycles. The normalized spacial score (nSPS) is 29.8. The van der Waals surface area contributed by atoms with E-state index in [1.54, 1.807) is 21.0 Å². The number of ether oxygens (including phenoxy) is 1. The predicted octanol–water partition coefficient (Wildman–Crippen LogP) is 0.804. The van der Waals surface area contributed by atoms with Crippen LogP contribution >= 0.6 is 12.4 Å². The predicted molar refractivity (Wildman–Crippen MR) is 94.3 cm³/mol. The fraction of sp³-hybridized carbons (Fsp3) is 0.667. The molecule has 0 bridgehead atoms. The van der Waals surface area contributed by atoms with Crippen LogP contribution in [0.1, 0.15) is 25.5 Å². The fourth-order valence-electron chi connectivity index (χ4n) is 3.15. The number of nitrogens with zero attached hydrogens (tertiary/aromatic N) is 3. The van der Waals surface area contributed by atoms with Gasteiger partial charge in [0.1, 0.15) is 0 Å². The van der Waals surface area contributed by atoms with Crippen LogP contribution in [-0.4, -0.2) is 66.9 Å². The highest BCUT2D eigenvalue weighted by Crippen LogP contribution is 2.28. The summed E-state index contributed by atoms with van der Waals surface area (Å²) in [6.45, 7) is 6.34. The molecule has 0 saturated carbocycles. The van der Waals surface area contributed by atoms with Crippen LogP contribution in [-0.2, 0) is 14.9 Å². The molecule has 3 heterocycles. The van der Waals surface area contributed by atoms with Crippen LogP contribution in [0.15, 0.2) is 24.5 Å². The molecule has 3 atom stereocenters. The van der Waals surface area contributed by atoms with Gasteiger partial charge in [-0.05, 0) is 25.5 Å². The van der Waals surface area contributed by atoms with Crippen LogP contribution < -0.4 is 5.32 Å². The lowest BCUT2D eigenvalue weighted by atomic mass is 10.1. The van der Waals surface area contributed by atoms with Gasteiger partial charge < -0.3 is 10.1 Å². The molecule has 3 rings (SSSR count). The van der Waals surface area contributed by atoms with Crippen molar-refractivity contribution in [1.82, 2.24) is 18.9 Å². The third-order valence-electron chi connectivity index (χ3n) is 4.41. The van der Waals surface area contributed by atoms with Gasteiger partial charge in [-0.3, -0.25) is 4.98 Å². The first-order valence-corrected chi connectivity index (χ1v) is 9.40. The first kappa shape index (κ1) is 19.6. The molecule has 7 nitrogen and oxygen atoms in total. The van der Waals surface area contributed by atoms with Crippen molar-refractivity contribution in [2.45, 2.75) is 32.0 Å². The molecule has 0 amide bonds. The minimum atomic E-state index is -3.55. The minimum Gasteiger partial charge on any atom is -0.375 e. The summed E-state index contributed by atoms with van der Waals surface area (Å²) in [6, 6.07) is 3.39. The van der Waals surface area contributed by atoms with Gasteiger partial charge in [0, 0.05) is 44.6 Å². The molecule has 2 aliphatic heterocycles. The third-order valence-corrected chi connectivity index (χ3v) is 6.54. The van der Waals surface area contributed by atoms with E-state index in [4.69, 9.17) is 4.74 Å². The highest BCUT2D eigenvalue weighted by molar-refractivity contribution is 7.86. The molecular formula is C15H25ClN4O3S. The average Bonchev–Trinajstić information content (AvgIpc) is 2.58. The summed E-state index contributed by atoms with van der Waals surface area (Å²) in [4.78, 5) is 4.13. The summed E-state index contributed by atoms with van der Waals surface area (Å²) in [5.41, 5.74) is 0.914. The van der Waals surface area contributed by atoms with Crippen molar-refractivity contribution in [2.24, 2.45) is 0 Å². The molecular weight excluding hydrogens is 352 g/mol. The Kier molecular flexibility index (Phi) is 6.58. The van der Waals surface area contributed by atoms with Crippen molar-refractivity contribution < 1.29 is 13.2 Å². The zero-order valence-electron chi connectivity index (χ0n) is 14.0.